The zero-order valence-electron chi connectivity index (χ0n) is 24.0. The van der Waals surface area contributed by atoms with Crippen LogP contribution in [0.1, 0.15) is 44.1 Å². The third-order valence-electron chi connectivity index (χ3n) is 9.08. The molecule has 3 aliphatic heterocycles. The first-order valence-electron chi connectivity index (χ1n) is 14.8. The van der Waals surface area contributed by atoms with E-state index in [-0.39, 0.29) is 29.0 Å². The van der Waals surface area contributed by atoms with Crippen LogP contribution in [0.4, 0.5) is 0 Å². The molecule has 3 fully saturated rings. The van der Waals surface area contributed by atoms with Crippen molar-refractivity contribution in [1.82, 2.24) is 14.6 Å². The molecule has 1 saturated carbocycles. The number of aryl methyl sites for hydroxylation is 1. The average Bonchev–Trinajstić information content (AvgIpc) is 3.75. The maximum absolute atomic E-state index is 13.3. The number of piperidine rings is 1. The summed E-state index contributed by atoms with van der Waals surface area (Å²) in [6.45, 7) is 1.58. The molecule has 2 unspecified atom stereocenters. The van der Waals surface area contributed by atoms with Crippen molar-refractivity contribution >= 4 is 19.9 Å². The first-order valence-corrected chi connectivity index (χ1v) is 17.7. The van der Waals surface area contributed by atoms with Crippen LogP contribution in [0.3, 0.4) is 0 Å². The molecule has 6 rings (SSSR count). The highest BCUT2D eigenvalue weighted by atomic mass is 32.2. The maximum Gasteiger partial charge on any atom is 0.244 e. The number of nitrogens with one attached hydrogen (secondary N) is 1. The number of aliphatic hydroxyl groups is 2. The lowest BCUT2D eigenvalue weighted by atomic mass is 9.88. The Kier molecular flexibility index (Phi) is 8.48. The fourth-order valence-electron chi connectivity index (χ4n) is 6.15. The largest absolute Gasteiger partial charge is 0.491 e. The van der Waals surface area contributed by atoms with Gasteiger partial charge in [-0.05, 0) is 69.2 Å². The topological polar surface area (TPSA) is 165 Å². The lowest BCUT2D eigenvalue weighted by molar-refractivity contribution is -0.0312. The van der Waals surface area contributed by atoms with Gasteiger partial charge in [0.25, 0.3) is 0 Å². The number of ether oxygens (including phenoxy) is 3. The zero-order valence-corrected chi connectivity index (χ0v) is 25.6. The van der Waals surface area contributed by atoms with Gasteiger partial charge in [0, 0.05) is 31.2 Å². The van der Waals surface area contributed by atoms with Gasteiger partial charge in [-0.1, -0.05) is 6.07 Å². The highest BCUT2D eigenvalue weighted by Gasteiger charge is 2.54. The molecule has 3 N–H and O–H groups in total. The monoisotopic (exact) mass is 637 g/mol. The van der Waals surface area contributed by atoms with Crippen LogP contribution in [0.15, 0.2) is 46.3 Å². The summed E-state index contributed by atoms with van der Waals surface area (Å²) in [7, 11) is -7.34. The maximum atomic E-state index is 13.3. The molecule has 2 saturated heterocycles. The number of hydrogen-bond acceptors (Lipinski definition) is 11. The van der Waals surface area contributed by atoms with Gasteiger partial charge in [-0.3, -0.25) is 0 Å². The summed E-state index contributed by atoms with van der Waals surface area (Å²) in [6, 6.07) is 7.83. The number of nitrogens with zero attached hydrogens (tertiary/aromatic N) is 2. The number of sulfonamides is 1. The number of fused-ring (bicyclic) bond motifs is 1. The Morgan fingerprint density at radius 2 is 1.91 bits per heavy atom. The molecular weight excluding hydrogens is 598 g/mol. The van der Waals surface area contributed by atoms with Crippen molar-refractivity contribution in [2.45, 2.75) is 77.2 Å². The summed E-state index contributed by atoms with van der Waals surface area (Å²) in [4.78, 5) is 4.53. The molecule has 236 valence electrons. The van der Waals surface area contributed by atoms with E-state index < -0.39 is 42.9 Å². The van der Waals surface area contributed by atoms with E-state index in [2.05, 4.69) is 10.3 Å². The molecule has 14 heteroatoms. The van der Waals surface area contributed by atoms with Crippen LogP contribution in [-0.2, 0) is 31.0 Å². The smallest absolute Gasteiger partial charge is 0.244 e. The molecule has 12 nitrogen and oxygen atoms in total. The van der Waals surface area contributed by atoms with Gasteiger partial charge in [0.1, 0.15) is 23.4 Å². The number of aliphatic hydroxyl groups excluding tert-OH is 2. The SMILES string of the molecule is O=S(=O)(c1cnc2c(c1)CCCO2)N1CCC2(CC1)CC(NCC(O)COc1cccc(S(=O)(=O)C3(CO)CC3)c1)CO2. The van der Waals surface area contributed by atoms with E-state index in [0.717, 1.165) is 18.4 Å². The van der Waals surface area contributed by atoms with Crippen LogP contribution in [0.2, 0.25) is 0 Å². The molecule has 2 atom stereocenters. The molecule has 4 aliphatic rings. The molecule has 1 aromatic carbocycles. The highest BCUT2D eigenvalue weighted by Crippen LogP contribution is 2.46. The quantitative estimate of drug-likeness (QED) is 0.323. The Morgan fingerprint density at radius 3 is 2.65 bits per heavy atom. The molecule has 4 heterocycles. The Balaban J connectivity index is 0.963. The molecule has 0 radical (unpaired) electrons. The molecule has 1 aliphatic carbocycles. The summed E-state index contributed by atoms with van der Waals surface area (Å²) in [5.41, 5.74) is 0.416. The summed E-state index contributed by atoms with van der Waals surface area (Å²) in [5, 5.41) is 23.4. The lowest BCUT2D eigenvalue weighted by Gasteiger charge is -2.38. The van der Waals surface area contributed by atoms with E-state index in [1.165, 1.54) is 22.6 Å². The van der Waals surface area contributed by atoms with Gasteiger partial charge in [0.15, 0.2) is 9.84 Å². The number of benzene rings is 1. The molecule has 0 bridgehead atoms. The standard InChI is InChI=1S/C29H39N3O9S2/c33-20-29(6-7-29)42(35,36)25-5-1-4-24(14-25)40-19-23(34)16-30-22-15-28(41-18-22)8-10-32(11-9-28)43(37,38)26-13-21-3-2-12-39-27(21)31-17-26/h1,4-5,13-14,17,22-23,30,33-34H,2-3,6-12,15-16,18-20H2. The van der Waals surface area contributed by atoms with Crippen molar-refractivity contribution in [3.63, 3.8) is 0 Å². The Hall–Kier alpha value is -2.33. The average molecular weight is 638 g/mol. The van der Waals surface area contributed by atoms with Crippen molar-refractivity contribution < 1.29 is 41.3 Å². The van der Waals surface area contributed by atoms with Crippen molar-refractivity contribution in [3.05, 3.63) is 42.1 Å². The molecule has 0 amide bonds. The minimum absolute atomic E-state index is 0.00402. The summed E-state index contributed by atoms with van der Waals surface area (Å²) in [6.07, 6.45) is 4.87. The minimum Gasteiger partial charge on any atom is -0.491 e. The molecule has 2 aromatic rings. The van der Waals surface area contributed by atoms with Crippen molar-refractivity contribution in [2.24, 2.45) is 0 Å². The molecule has 1 spiro atoms. The molecular formula is C29H39N3O9S2. The van der Waals surface area contributed by atoms with Crippen molar-refractivity contribution in [2.75, 3.05) is 46.1 Å². The minimum atomic E-state index is -3.67. The normalized spacial score (nSPS) is 23.8. The van der Waals surface area contributed by atoms with Gasteiger partial charge in [0.2, 0.25) is 15.9 Å². The Labute approximate surface area is 252 Å². The van der Waals surface area contributed by atoms with Gasteiger partial charge in [0.05, 0.1) is 41.3 Å². The summed E-state index contributed by atoms with van der Waals surface area (Å²) in [5.74, 6) is 0.848. The second kappa shape index (κ2) is 11.9. The predicted octanol–water partition coefficient (Wildman–Crippen LogP) is 1.05. The van der Waals surface area contributed by atoms with E-state index in [0.29, 0.717) is 70.0 Å². The third-order valence-corrected chi connectivity index (χ3v) is 13.5. The highest BCUT2D eigenvalue weighted by molar-refractivity contribution is 7.93. The lowest BCUT2D eigenvalue weighted by Crippen LogP contribution is -2.47. The van der Waals surface area contributed by atoms with Crippen LogP contribution >= 0.6 is 0 Å². The first-order chi connectivity index (χ1) is 20.6. The van der Waals surface area contributed by atoms with Crippen LogP contribution in [0, 0.1) is 0 Å². The van der Waals surface area contributed by atoms with E-state index in [1.54, 1.807) is 18.2 Å². The van der Waals surface area contributed by atoms with E-state index >= 15 is 0 Å². The van der Waals surface area contributed by atoms with E-state index in [9.17, 15) is 27.0 Å². The number of pyridine rings is 1. The predicted molar refractivity (Wildman–Crippen MR) is 155 cm³/mol. The number of aromatic nitrogens is 1. The number of rotatable bonds is 11. The number of sulfone groups is 1. The van der Waals surface area contributed by atoms with Crippen LogP contribution in [-0.4, -0.2) is 105 Å². The summed E-state index contributed by atoms with van der Waals surface area (Å²) >= 11 is 0. The second-order valence-corrected chi connectivity index (χ2v) is 16.4. The van der Waals surface area contributed by atoms with Gasteiger partial charge >= 0.3 is 0 Å². The van der Waals surface area contributed by atoms with Crippen LogP contribution in [0.5, 0.6) is 11.6 Å². The van der Waals surface area contributed by atoms with Crippen molar-refractivity contribution in [3.8, 4) is 11.6 Å². The van der Waals surface area contributed by atoms with Gasteiger partial charge < -0.3 is 29.7 Å². The third kappa shape index (κ3) is 6.15. The second-order valence-electron chi connectivity index (χ2n) is 12.1. The van der Waals surface area contributed by atoms with Crippen molar-refractivity contribution in [1.29, 1.82) is 0 Å². The van der Waals surface area contributed by atoms with Crippen LogP contribution in [0.25, 0.3) is 0 Å². The van der Waals surface area contributed by atoms with Gasteiger partial charge in [-0.15, -0.1) is 0 Å². The van der Waals surface area contributed by atoms with E-state index in [4.69, 9.17) is 14.2 Å². The fourth-order valence-corrected chi connectivity index (χ4v) is 9.43. The Bertz CT molecular complexity index is 1540. The van der Waals surface area contributed by atoms with Gasteiger partial charge in [-0.2, -0.15) is 4.31 Å². The zero-order chi connectivity index (χ0) is 30.3. The van der Waals surface area contributed by atoms with Crippen LogP contribution < -0.4 is 14.8 Å². The fraction of sp³-hybridized carbons (Fsp3) is 0.621. The summed E-state index contributed by atoms with van der Waals surface area (Å²) < 4.78 is 70.2. The Morgan fingerprint density at radius 1 is 1.12 bits per heavy atom. The molecule has 43 heavy (non-hydrogen) atoms. The number of hydrogen-bond donors (Lipinski definition) is 3. The molecule has 1 aromatic heterocycles. The first kappa shape index (κ1) is 30.7. The van der Waals surface area contributed by atoms with Gasteiger partial charge in [-0.25, -0.2) is 21.8 Å². The van der Waals surface area contributed by atoms with E-state index in [1.807, 2.05) is 0 Å².